The molecule has 0 aliphatic heterocycles. The summed E-state index contributed by atoms with van der Waals surface area (Å²) in [6.07, 6.45) is 7.24. The second kappa shape index (κ2) is 11.3. The normalized spacial score (nSPS) is 16.5. The molecule has 1 N–H and O–H groups in total. The Morgan fingerprint density at radius 3 is 2.30 bits per heavy atom. The summed E-state index contributed by atoms with van der Waals surface area (Å²) in [6.45, 7) is 5.94. The number of carbonyl (C=O) groups excluding carboxylic acids is 2. The van der Waals surface area contributed by atoms with Gasteiger partial charge in [0.15, 0.2) is 6.10 Å². The number of benzene rings is 1. The third kappa shape index (κ3) is 6.67. The van der Waals surface area contributed by atoms with Crippen LogP contribution < -0.4 is 5.32 Å². The van der Waals surface area contributed by atoms with Crippen LogP contribution in [0.15, 0.2) is 35.2 Å². The number of ether oxygens (including phenoxy) is 1. The van der Waals surface area contributed by atoms with Crippen molar-refractivity contribution in [2.45, 2.75) is 69.9 Å². The number of carbonyl (C=O) groups is 2. The molecule has 1 aliphatic rings. The van der Waals surface area contributed by atoms with Gasteiger partial charge in [0.1, 0.15) is 0 Å². The van der Waals surface area contributed by atoms with Crippen LogP contribution in [-0.2, 0) is 24.3 Å². The van der Waals surface area contributed by atoms with Crippen LogP contribution in [0, 0.1) is 0 Å². The second-order valence-corrected chi connectivity index (χ2v) is 9.35. The van der Waals surface area contributed by atoms with E-state index >= 15 is 0 Å². The van der Waals surface area contributed by atoms with Gasteiger partial charge in [-0.2, -0.15) is 4.31 Å². The number of amides is 1. The second-order valence-electron chi connectivity index (χ2n) is 7.41. The van der Waals surface area contributed by atoms with Crippen molar-refractivity contribution in [2.75, 3.05) is 13.1 Å². The predicted octanol–water partition coefficient (Wildman–Crippen LogP) is 3.11. The topological polar surface area (TPSA) is 92.8 Å². The maximum Gasteiger partial charge on any atom is 0.331 e. The van der Waals surface area contributed by atoms with Crippen molar-refractivity contribution in [3.05, 3.63) is 35.9 Å². The Hall–Kier alpha value is -2.19. The van der Waals surface area contributed by atoms with E-state index in [-0.39, 0.29) is 16.8 Å². The average Bonchev–Trinajstić information content (AvgIpc) is 2.74. The van der Waals surface area contributed by atoms with Crippen molar-refractivity contribution in [3.8, 4) is 0 Å². The fraction of sp³-hybridized carbons (Fsp3) is 0.545. The molecule has 0 spiro atoms. The molecule has 166 valence electrons. The minimum Gasteiger partial charge on any atom is -0.449 e. The van der Waals surface area contributed by atoms with Crippen molar-refractivity contribution in [1.29, 1.82) is 0 Å². The van der Waals surface area contributed by atoms with Gasteiger partial charge in [0, 0.05) is 25.2 Å². The number of nitrogens with one attached hydrogen (secondary N) is 1. The van der Waals surface area contributed by atoms with Crippen LogP contribution in [0.25, 0.3) is 6.08 Å². The zero-order valence-corrected chi connectivity index (χ0v) is 18.8. The smallest absolute Gasteiger partial charge is 0.331 e. The largest absolute Gasteiger partial charge is 0.449 e. The zero-order valence-electron chi connectivity index (χ0n) is 18.0. The standard InChI is InChI=1S/C22H32N2O5S/c1-4-24(5-2)30(27,28)20-14-11-18(12-15-20)13-16-21(25)29-17(3)22(26)23-19-9-7-6-8-10-19/h11-17,19H,4-10H2,1-3H3,(H,23,26)/b16-13+. The highest BCUT2D eigenvalue weighted by molar-refractivity contribution is 7.89. The van der Waals surface area contributed by atoms with E-state index in [1.54, 1.807) is 32.9 Å². The molecule has 0 radical (unpaired) electrons. The number of hydrogen-bond donors (Lipinski definition) is 1. The van der Waals surface area contributed by atoms with Gasteiger partial charge in [0.25, 0.3) is 5.91 Å². The van der Waals surface area contributed by atoms with Crippen molar-refractivity contribution in [2.24, 2.45) is 0 Å². The summed E-state index contributed by atoms with van der Waals surface area (Å²) in [7, 11) is -3.51. The summed E-state index contributed by atoms with van der Waals surface area (Å²) in [5.74, 6) is -0.907. The van der Waals surface area contributed by atoms with Crippen LogP contribution >= 0.6 is 0 Å². The van der Waals surface area contributed by atoms with Gasteiger partial charge in [-0.05, 0) is 43.5 Å². The molecule has 1 atom stereocenters. The number of nitrogens with zero attached hydrogens (tertiary/aromatic N) is 1. The molecular weight excluding hydrogens is 404 g/mol. The lowest BCUT2D eigenvalue weighted by molar-refractivity contribution is -0.150. The first-order valence-electron chi connectivity index (χ1n) is 10.6. The molecule has 30 heavy (non-hydrogen) atoms. The summed E-state index contributed by atoms with van der Waals surface area (Å²) >= 11 is 0. The Labute approximate surface area is 179 Å². The van der Waals surface area contributed by atoms with Gasteiger partial charge in [0.05, 0.1) is 4.90 Å². The van der Waals surface area contributed by atoms with Gasteiger partial charge >= 0.3 is 5.97 Å². The quantitative estimate of drug-likeness (QED) is 0.474. The van der Waals surface area contributed by atoms with Crippen LogP contribution in [0.3, 0.4) is 0 Å². The Morgan fingerprint density at radius 1 is 1.13 bits per heavy atom. The molecule has 1 amide bonds. The average molecular weight is 437 g/mol. The Kier molecular flexibility index (Phi) is 9.05. The van der Waals surface area contributed by atoms with Crippen molar-refractivity contribution in [3.63, 3.8) is 0 Å². The van der Waals surface area contributed by atoms with E-state index < -0.39 is 22.1 Å². The van der Waals surface area contributed by atoms with Crippen molar-refractivity contribution < 1.29 is 22.7 Å². The number of rotatable bonds is 9. The van der Waals surface area contributed by atoms with Crippen LogP contribution in [0.5, 0.6) is 0 Å². The Balaban J connectivity index is 1.90. The highest BCUT2D eigenvalue weighted by atomic mass is 32.2. The molecule has 8 heteroatoms. The summed E-state index contributed by atoms with van der Waals surface area (Å²) in [5, 5.41) is 2.94. The third-order valence-electron chi connectivity index (χ3n) is 5.25. The van der Waals surface area contributed by atoms with Crippen LogP contribution in [0.1, 0.15) is 58.4 Å². The molecule has 1 aliphatic carbocycles. The summed E-state index contributed by atoms with van der Waals surface area (Å²) < 4.78 is 31.5. The van der Waals surface area contributed by atoms with Gasteiger partial charge < -0.3 is 10.1 Å². The first-order valence-corrected chi connectivity index (χ1v) is 12.0. The minimum absolute atomic E-state index is 0.161. The lowest BCUT2D eigenvalue weighted by Crippen LogP contribution is -2.42. The number of esters is 1. The number of hydrogen-bond acceptors (Lipinski definition) is 5. The summed E-state index contributed by atoms with van der Waals surface area (Å²) in [5.41, 5.74) is 0.657. The van der Waals surface area contributed by atoms with Crippen molar-refractivity contribution in [1.82, 2.24) is 9.62 Å². The maximum atomic E-state index is 12.5. The van der Waals surface area contributed by atoms with E-state index in [1.165, 1.54) is 35.0 Å². The molecule has 7 nitrogen and oxygen atoms in total. The number of sulfonamides is 1. The predicted molar refractivity (Wildman–Crippen MR) is 116 cm³/mol. The van der Waals surface area contributed by atoms with Gasteiger partial charge in [-0.15, -0.1) is 0 Å². The van der Waals surface area contributed by atoms with Gasteiger partial charge in [-0.3, -0.25) is 4.79 Å². The molecule has 0 heterocycles. The molecule has 1 saturated carbocycles. The molecule has 2 rings (SSSR count). The monoisotopic (exact) mass is 436 g/mol. The van der Waals surface area contributed by atoms with Crippen LogP contribution in [0.4, 0.5) is 0 Å². The minimum atomic E-state index is -3.51. The molecule has 0 bridgehead atoms. The van der Waals surface area contributed by atoms with E-state index in [2.05, 4.69) is 5.32 Å². The molecule has 0 aromatic heterocycles. The molecule has 1 unspecified atom stereocenters. The molecule has 0 saturated heterocycles. The van der Waals surface area contributed by atoms with E-state index in [4.69, 9.17) is 4.74 Å². The van der Waals surface area contributed by atoms with Crippen LogP contribution in [0.2, 0.25) is 0 Å². The van der Waals surface area contributed by atoms with E-state index in [0.717, 1.165) is 25.7 Å². The Bertz CT molecular complexity index is 839. The molecule has 1 aromatic carbocycles. The molecular formula is C22H32N2O5S. The first-order chi connectivity index (χ1) is 14.3. The van der Waals surface area contributed by atoms with E-state index in [9.17, 15) is 18.0 Å². The maximum absolute atomic E-state index is 12.5. The fourth-order valence-corrected chi connectivity index (χ4v) is 4.92. The lowest BCUT2D eigenvalue weighted by Gasteiger charge is -2.24. The SMILES string of the molecule is CCN(CC)S(=O)(=O)c1ccc(/C=C/C(=O)OC(C)C(=O)NC2CCCCC2)cc1. The molecule has 1 fully saturated rings. The third-order valence-corrected chi connectivity index (χ3v) is 7.31. The zero-order chi connectivity index (χ0) is 22.1. The highest BCUT2D eigenvalue weighted by Gasteiger charge is 2.22. The van der Waals surface area contributed by atoms with E-state index in [1.807, 2.05) is 0 Å². The molecule has 1 aromatic rings. The van der Waals surface area contributed by atoms with E-state index in [0.29, 0.717) is 18.7 Å². The van der Waals surface area contributed by atoms with Crippen molar-refractivity contribution >= 4 is 28.0 Å². The fourth-order valence-electron chi connectivity index (χ4n) is 3.46. The van der Waals surface area contributed by atoms with Crippen LogP contribution in [-0.4, -0.2) is 49.8 Å². The highest BCUT2D eigenvalue weighted by Crippen LogP contribution is 2.18. The first kappa shape index (κ1) is 24.1. The summed E-state index contributed by atoms with van der Waals surface area (Å²) in [4.78, 5) is 24.4. The van der Waals surface area contributed by atoms with Gasteiger partial charge in [0.2, 0.25) is 10.0 Å². The van der Waals surface area contributed by atoms with Gasteiger partial charge in [-0.25, -0.2) is 13.2 Å². The van der Waals surface area contributed by atoms with Gasteiger partial charge in [-0.1, -0.05) is 45.2 Å². The lowest BCUT2D eigenvalue weighted by atomic mass is 9.95. The Morgan fingerprint density at radius 2 is 1.73 bits per heavy atom. The summed E-state index contributed by atoms with van der Waals surface area (Å²) in [6, 6.07) is 6.44.